The van der Waals surface area contributed by atoms with Gasteiger partial charge in [-0.1, -0.05) is 18.7 Å². The Labute approximate surface area is 114 Å². The van der Waals surface area contributed by atoms with Gasteiger partial charge in [-0.2, -0.15) is 13.2 Å². The topological polar surface area (TPSA) is 42.0 Å². The molecule has 3 nitrogen and oxygen atoms in total. The summed E-state index contributed by atoms with van der Waals surface area (Å²) >= 11 is 1.13. The molecule has 7 heteroatoms. The van der Waals surface area contributed by atoms with Crippen LogP contribution < -0.4 is 5.32 Å². The molecule has 1 heterocycles. The van der Waals surface area contributed by atoms with Gasteiger partial charge < -0.3 is 5.32 Å². The van der Waals surface area contributed by atoms with Crippen molar-refractivity contribution in [2.75, 3.05) is 6.54 Å². The number of pyridine rings is 1. The van der Waals surface area contributed by atoms with Crippen molar-refractivity contribution in [3.05, 3.63) is 23.9 Å². The molecule has 1 unspecified atom stereocenters. The van der Waals surface area contributed by atoms with E-state index in [0.717, 1.165) is 30.4 Å². The van der Waals surface area contributed by atoms with E-state index in [2.05, 4.69) is 10.3 Å². The number of halogens is 3. The van der Waals surface area contributed by atoms with Crippen LogP contribution in [0.2, 0.25) is 0 Å². The largest absolute Gasteiger partial charge is 0.417 e. The third-order valence-corrected chi connectivity index (χ3v) is 3.33. The fourth-order valence-corrected chi connectivity index (χ4v) is 2.06. The van der Waals surface area contributed by atoms with Crippen LogP contribution in [0.5, 0.6) is 0 Å². The number of hydrogen-bond donors (Lipinski definition) is 1. The number of aromatic nitrogens is 1. The summed E-state index contributed by atoms with van der Waals surface area (Å²) in [5, 5.41) is 2.72. The highest BCUT2D eigenvalue weighted by Gasteiger charge is 2.30. The fraction of sp³-hybridized carbons (Fsp3) is 0.500. The maximum Gasteiger partial charge on any atom is 0.417 e. The summed E-state index contributed by atoms with van der Waals surface area (Å²) in [6, 6.07) is 2.24. The molecule has 19 heavy (non-hydrogen) atoms. The lowest BCUT2D eigenvalue weighted by Gasteiger charge is -2.11. The van der Waals surface area contributed by atoms with Crippen LogP contribution in [-0.4, -0.2) is 22.7 Å². The van der Waals surface area contributed by atoms with E-state index in [1.165, 1.54) is 6.07 Å². The van der Waals surface area contributed by atoms with E-state index >= 15 is 0 Å². The number of nitrogens with zero attached hydrogens (tertiary/aromatic N) is 1. The number of carbonyl (C=O) groups excluding carboxylic acids is 1. The van der Waals surface area contributed by atoms with Crippen LogP contribution in [0, 0.1) is 0 Å². The van der Waals surface area contributed by atoms with Gasteiger partial charge >= 0.3 is 6.18 Å². The fourth-order valence-electron chi connectivity index (χ4n) is 1.24. The monoisotopic (exact) mass is 292 g/mol. The molecule has 1 aromatic rings. The molecule has 1 amide bonds. The SMILES string of the molecule is CCCNC(=O)C(C)Sc1ccc(C(F)(F)F)cn1. The Kier molecular flexibility index (Phi) is 5.65. The lowest BCUT2D eigenvalue weighted by molar-refractivity contribution is -0.137. The highest BCUT2D eigenvalue weighted by atomic mass is 32.2. The van der Waals surface area contributed by atoms with Crippen molar-refractivity contribution in [1.82, 2.24) is 10.3 Å². The number of hydrogen-bond acceptors (Lipinski definition) is 3. The third kappa shape index (κ3) is 5.10. The van der Waals surface area contributed by atoms with Gasteiger partial charge in [-0.3, -0.25) is 4.79 Å². The van der Waals surface area contributed by atoms with Crippen molar-refractivity contribution < 1.29 is 18.0 Å². The van der Waals surface area contributed by atoms with Gasteiger partial charge in [-0.15, -0.1) is 0 Å². The molecule has 0 aliphatic rings. The van der Waals surface area contributed by atoms with E-state index in [1.54, 1.807) is 6.92 Å². The molecule has 0 aromatic carbocycles. The Balaban J connectivity index is 2.60. The minimum atomic E-state index is -4.39. The normalized spacial score (nSPS) is 13.1. The zero-order valence-electron chi connectivity index (χ0n) is 10.6. The summed E-state index contributed by atoms with van der Waals surface area (Å²) < 4.78 is 37.0. The molecule has 0 spiro atoms. The van der Waals surface area contributed by atoms with Crippen molar-refractivity contribution in [2.45, 2.75) is 36.7 Å². The summed E-state index contributed by atoms with van der Waals surface area (Å²) in [6.07, 6.45) is -2.78. The predicted molar refractivity (Wildman–Crippen MR) is 67.9 cm³/mol. The van der Waals surface area contributed by atoms with Crippen LogP contribution in [0.4, 0.5) is 13.2 Å². The van der Waals surface area contributed by atoms with Crippen LogP contribution in [0.15, 0.2) is 23.4 Å². The standard InChI is InChI=1S/C12H15F3N2OS/c1-3-6-16-11(18)8(2)19-10-5-4-9(7-17-10)12(13,14)15/h4-5,7-8H,3,6H2,1-2H3,(H,16,18). The second kappa shape index (κ2) is 6.79. The van der Waals surface area contributed by atoms with E-state index in [9.17, 15) is 18.0 Å². The Hall–Kier alpha value is -1.24. The van der Waals surface area contributed by atoms with Gasteiger partial charge in [0, 0.05) is 12.7 Å². The van der Waals surface area contributed by atoms with Crippen LogP contribution in [0.1, 0.15) is 25.8 Å². The number of thioether (sulfide) groups is 1. The average Bonchev–Trinajstić information content (AvgIpc) is 2.35. The zero-order valence-corrected chi connectivity index (χ0v) is 11.4. The number of amides is 1. The first-order valence-corrected chi connectivity index (χ1v) is 6.70. The predicted octanol–water partition coefficient (Wildman–Crippen LogP) is 3.11. The molecule has 0 saturated heterocycles. The van der Waals surface area contributed by atoms with E-state index < -0.39 is 17.0 Å². The molecule has 0 fully saturated rings. The first-order valence-electron chi connectivity index (χ1n) is 5.82. The molecule has 1 aromatic heterocycles. The van der Waals surface area contributed by atoms with Gasteiger partial charge in [0.1, 0.15) is 0 Å². The maximum absolute atomic E-state index is 12.3. The van der Waals surface area contributed by atoms with Gasteiger partial charge in [-0.25, -0.2) is 4.98 Å². The quantitative estimate of drug-likeness (QED) is 0.848. The average molecular weight is 292 g/mol. The summed E-state index contributed by atoms with van der Waals surface area (Å²) in [5.41, 5.74) is -0.792. The summed E-state index contributed by atoms with van der Waals surface area (Å²) in [6.45, 7) is 4.22. The maximum atomic E-state index is 12.3. The van der Waals surface area contributed by atoms with Crippen molar-refractivity contribution in [3.63, 3.8) is 0 Å². The molecule has 0 bridgehead atoms. The van der Waals surface area contributed by atoms with Gasteiger partial charge in [0.25, 0.3) is 0 Å². The molecule has 0 saturated carbocycles. The molecule has 0 aliphatic heterocycles. The molecule has 0 aliphatic carbocycles. The molecule has 106 valence electrons. The lowest BCUT2D eigenvalue weighted by Crippen LogP contribution is -2.31. The smallest absolute Gasteiger partial charge is 0.355 e. The van der Waals surface area contributed by atoms with Crippen molar-refractivity contribution in [2.24, 2.45) is 0 Å². The number of rotatable bonds is 5. The molecule has 1 rings (SSSR count). The third-order valence-electron chi connectivity index (χ3n) is 2.28. The van der Waals surface area contributed by atoms with Crippen LogP contribution >= 0.6 is 11.8 Å². The number of carbonyl (C=O) groups is 1. The number of nitrogens with one attached hydrogen (secondary N) is 1. The zero-order chi connectivity index (χ0) is 14.5. The molecule has 0 radical (unpaired) electrons. The first-order chi connectivity index (χ1) is 8.84. The van der Waals surface area contributed by atoms with Gasteiger partial charge in [0.2, 0.25) is 5.91 Å². The van der Waals surface area contributed by atoms with Crippen molar-refractivity contribution in [1.29, 1.82) is 0 Å². The Morgan fingerprint density at radius 1 is 1.47 bits per heavy atom. The minimum absolute atomic E-state index is 0.145. The van der Waals surface area contributed by atoms with Crippen LogP contribution in [0.25, 0.3) is 0 Å². The van der Waals surface area contributed by atoms with Crippen molar-refractivity contribution in [3.8, 4) is 0 Å². The Morgan fingerprint density at radius 3 is 2.63 bits per heavy atom. The molecule has 1 N–H and O–H groups in total. The van der Waals surface area contributed by atoms with E-state index in [4.69, 9.17) is 0 Å². The van der Waals surface area contributed by atoms with Crippen molar-refractivity contribution >= 4 is 17.7 Å². The summed E-state index contributed by atoms with van der Waals surface area (Å²) in [4.78, 5) is 15.3. The molecule has 1 atom stereocenters. The van der Waals surface area contributed by atoms with Gasteiger partial charge in [0.15, 0.2) is 0 Å². The first kappa shape index (κ1) is 15.8. The van der Waals surface area contributed by atoms with Crippen LogP contribution in [0.3, 0.4) is 0 Å². The van der Waals surface area contributed by atoms with Gasteiger partial charge in [-0.05, 0) is 25.5 Å². The molecular weight excluding hydrogens is 277 g/mol. The lowest BCUT2D eigenvalue weighted by atomic mass is 10.3. The second-order valence-electron chi connectivity index (χ2n) is 3.93. The highest BCUT2D eigenvalue weighted by Crippen LogP contribution is 2.30. The van der Waals surface area contributed by atoms with Crippen LogP contribution in [-0.2, 0) is 11.0 Å². The Morgan fingerprint density at radius 2 is 2.16 bits per heavy atom. The summed E-state index contributed by atoms with van der Waals surface area (Å²) in [5.74, 6) is -0.145. The second-order valence-corrected chi connectivity index (χ2v) is 5.30. The number of alkyl halides is 3. The van der Waals surface area contributed by atoms with E-state index in [1.807, 2.05) is 6.92 Å². The highest BCUT2D eigenvalue weighted by molar-refractivity contribution is 8.00. The van der Waals surface area contributed by atoms with Gasteiger partial charge in [0.05, 0.1) is 15.8 Å². The minimum Gasteiger partial charge on any atom is -0.355 e. The van der Waals surface area contributed by atoms with E-state index in [0.29, 0.717) is 11.6 Å². The van der Waals surface area contributed by atoms with E-state index in [-0.39, 0.29) is 5.91 Å². The summed E-state index contributed by atoms with van der Waals surface area (Å²) in [7, 11) is 0. The Bertz CT molecular complexity index is 420. The molecular formula is C12H15F3N2OS.